The molecule has 2 aromatic heterocycles. The summed E-state index contributed by atoms with van der Waals surface area (Å²) in [4.78, 5) is 15.4. The highest BCUT2D eigenvalue weighted by Crippen LogP contribution is 2.41. The second-order valence-corrected chi connectivity index (χ2v) is 14.3. The molecule has 0 spiro atoms. The van der Waals surface area contributed by atoms with Crippen molar-refractivity contribution < 1.29 is 4.42 Å². The van der Waals surface area contributed by atoms with E-state index >= 15 is 0 Å². The summed E-state index contributed by atoms with van der Waals surface area (Å²) in [6.07, 6.45) is 0. The molecule has 0 fully saturated rings. The third-order valence-electron chi connectivity index (χ3n) is 11.0. The summed E-state index contributed by atoms with van der Waals surface area (Å²) < 4.78 is 6.45. The number of fused-ring (bicyclic) bond motifs is 5. The second kappa shape index (κ2) is 13.6. The predicted octanol–water partition coefficient (Wildman–Crippen LogP) is 14.1. The van der Waals surface area contributed by atoms with Crippen molar-refractivity contribution in [3.8, 4) is 67.5 Å². The van der Waals surface area contributed by atoms with Crippen LogP contribution in [-0.2, 0) is 0 Å². The molecule has 0 atom stereocenters. The summed E-state index contributed by atoms with van der Waals surface area (Å²) >= 11 is 0. The van der Waals surface area contributed by atoms with E-state index in [0.717, 1.165) is 60.5 Å². The fourth-order valence-electron chi connectivity index (χ4n) is 8.26. The lowest BCUT2D eigenvalue weighted by atomic mass is 9.88. The molecule has 11 rings (SSSR count). The smallest absolute Gasteiger partial charge is 0.167 e. The van der Waals surface area contributed by atoms with E-state index in [1.807, 2.05) is 60.7 Å². The quantitative estimate of drug-likeness (QED) is 0.171. The van der Waals surface area contributed by atoms with Crippen LogP contribution in [0.4, 0.5) is 0 Å². The Labute approximate surface area is 329 Å². The van der Waals surface area contributed by atoms with Crippen LogP contribution in [0.15, 0.2) is 205 Å². The number of furan rings is 1. The number of rotatable bonds is 6. The Kier molecular flexibility index (Phi) is 7.78. The number of hydrogen-bond acceptors (Lipinski definition) is 4. The van der Waals surface area contributed by atoms with Gasteiger partial charge in [0.2, 0.25) is 0 Å². The van der Waals surface area contributed by atoms with Crippen molar-refractivity contribution in [2.24, 2.45) is 0 Å². The van der Waals surface area contributed by atoms with Gasteiger partial charge < -0.3 is 4.42 Å². The molecule has 0 aliphatic rings. The summed E-state index contributed by atoms with van der Waals surface area (Å²) in [5, 5.41) is 6.76. The standard InChI is InChI=1S/C53H33N3O/c1-3-14-34(15-4-1)41-31-30-35-16-7-8-19-40(35)49(41)37-28-26-36(27-29-37)39-32-33-46(43-21-10-9-20-42(39)43)52-54-51(38-17-5-2-6-18-38)55-53(56-52)47-24-13-23-45-44-22-11-12-25-48(44)57-50(45)47/h1-33H. The van der Waals surface area contributed by atoms with Crippen LogP contribution in [0.1, 0.15) is 0 Å². The van der Waals surface area contributed by atoms with E-state index in [1.54, 1.807) is 0 Å². The van der Waals surface area contributed by atoms with E-state index in [9.17, 15) is 0 Å². The van der Waals surface area contributed by atoms with E-state index in [2.05, 4.69) is 140 Å². The Morgan fingerprint density at radius 2 is 0.807 bits per heavy atom. The maximum absolute atomic E-state index is 6.45. The van der Waals surface area contributed by atoms with E-state index in [4.69, 9.17) is 19.4 Å². The number of nitrogens with zero attached hydrogens (tertiary/aromatic N) is 3. The topological polar surface area (TPSA) is 51.8 Å². The Morgan fingerprint density at radius 3 is 1.58 bits per heavy atom. The number of hydrogen-bond donors (Lipinski definition) is 0. The van der Waals surface area contributed by atoms with E-state index in [-0.39, 0.29) is 0 Å². The van der Waals surface area contributed by atoms with Gasteiger partial charge in [-0.3, -0.25) is 0 Å². The average molecular weight is 728 g/mol. The first-order chi connectivity index (χ1) is 28.3. The van der Waals surface area contributed by atoms with Gasteiger partial charge in [-0.2, -0.15) is 0 Å². The minimum Gasteiger partial charge on any atom is -0.455 e. The van der Waals surface area contributed by atoms with Crippen molar-refractivity contribution in [2.45, 2.75) is 0 Å². The van der Waals surface area contributed by atoms with Crippen molar-refractivity contribution in [3.63, 3.8) is 0 Å². The molecule has 0 amide bonds. The lowest BCUT2D eigenvalue weighted by molar-refractivity contribution is 0.669. The van der Waals surface area contributed by atoms with Crippen molar-refractivity contribution in [3.05, 3.63) is 200 Å². The zero-order valence-corrected chi connectivity index (χ0v) is 30.8. The predicted molar refractivity (Wildman–Crippen MR) is 235 cm³/mol. The monoisotopic (exact) mass is 727 g/mol. The van der Waals surface area contributed by atoms with E-state index in [1.165, 1.54) is 33.0 Å². The fourth-order valence-corrected chi connectivity index (χ4v) is 8.26. The summed E-state index contributed by atoms with van der Waals surface area (Å²) in [5.74, 6) is 1.78. The molecule has 0 aliphatic carbocycles. The molecule has 4 heteroatoms. The molecule has 11 aromatic rings. The molecule has 0 saturated heterocycles. The van der Waals surface area contributed by atoms with Crippen LogP contribution in [-0.4, -0.2) is 15.0 Å². The molecule has 266 valence electrons. The van der Waals surface area contributed by atoms with Gasteiger partial charge in [0, 0.05) is 21.9 Å². The minimum atomic E-state index is 0.565. The van der Waals surface area contributed by atoms with Gasteiger partial charge in [0.25, 0.3) is 0 Å². The van der Waals surface area contributed by atoms with Gasteiger partial charge in [-0.15, -0.1) is 0 Å². The van der Waals surface area contributed by atoms with Gasteiger partial charge in [-0.25, -0.2) is 15.0 Å². The fraction of sp³-hybridized carbons (Fsp3) is 0. The molecule has 0 bridgehead atoms. The SMILES string of the molecule is c1ccc(-c2nc(-c3ccc(-c4ccc(-c5c(-c6ccccc6)ccc6ccccc56)cc4)c4ccccc34)nc(-c3cccc4c3oc3ccccc34)n2)cc1. The largest absolute Gasteiger partial charge is 0.455 e. The maximum atomic E-state index is 6.45. The molecular formula is C53H33N3O. The van der Waals surface area contributed by atoms with Crippen LogP contribution in [0.25, 0.3) is 111 Å². The molecule has 2 heterocycles. The Balaban J connectivity index is 1.05. The van der Waals surface area contributed by atoms with Gasteiger partial charge in [0.1, 0.15) is 11.2 Å². The zero-order valence-electron chi connectivity index (χ0n) is 30.8. The van der Waals surface area contributed by atoms with Gasteiger partial charge in [0.05, 0.1) is 5.56 Å². The lowest BCUT2D eigenvalue weighted by Gasteiger charge is -2.16. The van der Waals surface area contributed by atoms with Gasteiger partial charge in [-0.1, -0.05) is 182 Å². The molecule has 4 nitrogen and oxygen atoms in total. The highest BCUT2D eigenvalue weighted by atomic mass is 16.3. The van der Waals surface area contributed by atoms with Crippen LogP contribution in [0.3, 0.4) is 0 Å². The van der Waals surface area contributed by atoms with Crippen molar-refractivity contribution in [1.82, 2.24) is 15.0 Å². The van der Waals surface area contributed by atoms with Gasteiger partial charge in [-0.05, 0) is 73.1 Å². The van der Waals surface area contributed by atoms with Gasteiger partial charge in [0.15, 0.2) is 17.5 Å². The van der Waals surface area contributed by atoms with Crippen molar-refractivity contribution in [2.75, 3.05) is 0 Å². The number of para-hydroxylation sites is 2. The molecule has 57 heavy (non-hydrogen) atoms. The summed E-state index contributed by atoms with van der Waals surface area (Å²) in [6.45, 7) is 0. The van der Waals surface area contributed by atoms with Crippen molar-refractivity contribution in [1.29, 1.82) is 0 Å². The molecule has 0 N–H and O–H groups in total. The first-order valence-corrected chi connectivity index (χ1v) is 19.2. The van der Waals surface area contributed by atoms with Crippen LogP contribution in [0, 0.1) is 0 Å². The van der Waals surface area contributed by atoms with Crippen molar-refractivity contribution >= 4 is 43.5 Å². The molecule has 0 aliphatic heterocycles. The molecule has 0 unspecified atom stereocenters. The average Bonchev–Trinajstić information content (AvgIpc) is 3.68. The van der Waals surface area contributed by atoms with Crippen LogP contribution in [0.2, 0.25) is 0 Å². The third-order valence-corrected chi connectivity index (χ3v) is 11.0. The van der Waals surface area contributed by atoms with Crippen LogP contribution < -0.4 is 0 Å². The summed E-state index contributed by atoms with van der Waals surface area (Å²) in [7, 11) is 0. The van der Waals surface area contributed by atoms with E-state index < -0.39 is 0 Å². The first kappa shape index (κ1) is 32.7. The first-order valence-electron chi connectivity index (χ1n) is 19.2. The lowest BCUT2D eigenvalue weighted by Crippen LogP contribution is -2.01. The normalized spacial score (nSPS) is 11.5. The highest BCUT2D eigenvalue weighted by Gasteiger charge is 2.20. The number of aromatic nitrogens is 3. The number of benzene rings is 9. The zero-order chi connectivity index (χ0) is 37.7. The molecular weight excluding hydrogens is 695 g/mol. The Hall–Kier alpha value is -7.69. The molecule has 0 saturated carbocycles. The second-order valence-electron chi connectivity index (χ2n) is 14.3. The van der Waals surface area contributed by atoms with Gasteiger partial charge >= 0.3 is 0 Å². The Bertz CT molecular complexity index is 3280. The highest BCUT2D eigenvalue weighted by molar-refractivity contribution is 6.10. The summed E-state index contributed by atoms with van der Waals surface area (Å²) in [6, 6.07) is 70.1. The minimum absolute atomic E-state index is 0.565. The third kappa shape index (κ3) is 5.66. The Morgan fingerprint density at radius 1 is 0.281 bits per heavy atom. The molecule has 9 aromatic carbocycles. The van der Waals surface area contributed by atoms with Crippen LogP contribution >= 0.6 is 0 Å². The van der Waals surface area contributed by atoms with Crippen LogP contribution in [0.5, 0.6) is 0 Å². The summed E-state index contributed by atoms with van der Waals surface area (Å²) in [5.41, 5.74) is 11.4. The molecule has 0 radical (unpaired) electrons. The maximum Gasteiger partial charge on any atom is 0.167 e. The van der Waals surface area contributed by atoms with E-state index in [0.29, 0.717) is 17.5 Å².